The number of hydrogen-bond donors (Lipinski definition) is 1. The van der Waals surface area contributed by atoms with Crippen LogP contribution in [0.3, 0.4) is 0 Å². The zero-order chi connectivity index (χ0) is 24.8. The number of carbonyl (C=O) groups is 2. The molecule has 2 heterocycles. The van der Waals surface area contributed by atoms with Gasteiger partial charge in [-0.3, -0.25) is 9.48 Å². The summed E-state index contributed by atoms with van der Waals surface area (Å²) in [5, 5.41) is 13.6. The normalized spacial score (nSPS) is 18.9. The van der Waals surface area contributed by atoms with Crippen LogP contribution < -0.4 is 4.74 Å². The van der Waals surface area contributed by atoms with Crippen molar-refractivity contribution in [1.82, 2.24) is 19.7 Å². The van der Waals surface area contributed by atoms with Crippen LogP contribution >= 0.6 is 0 Å². The molecule has 0 aromatic carbocycles. The van der Waals surface area contributed by atoms with Crippen LogP contribution in [0.1, 0.15) is 57.3 Å². The number of carboxylic acids is 1. The van der Waals surface area contributed by atoms with Gasteiger partial charge in [-0.25, -0.2) is 9.78 Å². The second-order valence-corrected chi connectivity index (χ2v) is 9.30. The Bertz CT molecular complexity index is 1010. The Morgan fingerprint density at radius 3 is 2.76 bits per heavy atom. The molecule has 2 aromatic rings. The Kier molecular flexibility index (Phi) is 8.52. The number of carbonyl (C=O) groups excluding carboxylic acids is 1. The van der Waals surface area contributed by atoms with E-state index in [1.165, 1.54) is 0 Å². The fourth-order valence-corrected chi connectivity index (χ4v) is 4.24. The van der Waals surface area contributed by atoms with Crippen molar-refractivity contribution in [1.29, 1.82) is 0 Å². The third kappa shape index (κ3) is 6.27. The van der Waals surface area contributed by atoms with Crippen LogP contribution in [-0.4, -0.2) is 56.5 Å². The van der Waals surface area contributed by atoms with Crippen LogP contribution in [0.5, 0.6) is 5.75 Å². The molecular weight excluding hydrogens is 436 g/mol. The molecule has 0 spiro atoms. The zero-order valence-corrected chi connectivity index (χ0v) is 20.8. The predicted octanol–water partition coefficient (Wildman–Crippen LogP) is 4.43. The number of aryl methyl sites for hydroxylation is 2. The third-order valence-corrected chi connectivity index (χ3v) is 6.57. The first-order valence-electron chi connectivity index (χ1n) is 12.0. The minimum absolute atomic E-state index is 0.0904. The van der Waals surface area contributed by atoms with Crippen molar-refractivity contribution in [2.45, 2.75) is 65.6 Å². The molecule has 0 bridgehead atoms. The van der Waals surface area contributed by atoms with Crippen molar-refractivity contribution in [2.24, 2.45) is 18.9 Å². The quantitative estimate of drug-likeness (QED) is 0.575. The predicted molar refractivity (Wildman–Crippen MR) is 127 cm³/mol. The smallest absolute Gasteiger partial charge is 0.409 e. The van der Waals surface area contributed by atoms with Gasteiger partial charge in [0.05, 0.1) is 35.3 Å². The molecule has 1 unspecified atom stereocenters. The number of carboxylic acid groups (broad SMARTS) is 1. The molecule has 9 nitrogen and oxygen atoms in total. The Balaban J connectivity index is 1.68. The van der Waals surface area contributed by atoms with Crippen LogP contribution in [0.4, 0.5) is 4.79 Å². The van der Waals surface area contributed by atoms with E-state index >= 15 is 0 Å². The van der Waals surface area contributed by atoms with Gasteiger partial charge in [0.2, 0.25) is 0 Å². The van der Waals surface area contributed by atoms with E-state index in [0.717, 1.165) is 36.2 Å². The summed E-state index contributed by atoms with van der Waals surface area (Å²) in [6.07, 6.45) is 5.12. The summed E-state index contributed by atoms with van der Waals surface area (Å²) in [6.45, 7) is 6.80. The van der Waals surface area contributed by atoms with Crippen molar-refractivity contribution in [2.75, 3.05) is 13.6 Å². The van der Waals surface area contributed by atoms with Gasteiger partial charge in [0.1, 0.15) is 12.4 Å². The first kappa shape index (κ1) is 25.5. The highest BCUT2D eigenvalue weighted by atomic mass is 16.6. The lowest BCUT2D eigenvalue weighted by Gasteiger charge is -2.27. The first-order chi connectivity index (χ1) is 16.2. The highest BCUT2D eigenvalue weighted by Crippen LogP contribution is 2.31. The number of ether oxygens (including phenoxy) is 2. The molecule has 2 aromatic heterocycles. The summed E-state index contributed by atoms with van der Waals surface area (Å²) in [7, 11) is 3.55. The van der Waals surface area contributed by atoms with E-state index in [0.29, 0.717) is 36.7 Å². The number of hydrogen-bond acceptors (Lipinski definition) is 6. The monoisotopic (exact) mass is 472 g/mol. The van der Waals surface area contributed by atoms with E-state index in [2.05, 4.69) is 18.9 Å². The molecule has 1 aliphatic rings. The molecule has 1 aliphatic carbocycles. The number of pyridine rings is 1. The Morgan fingerprint density at radius 2 is 2.09 bits per heavy atom. The molecule has 0 aliphatic heterocycles. The lowest BCUT2D eigenvalue weighted by molar-refractivity contribution is -0.143. The van der Waals surface area contributed by atoms with Gasteiger partial charge < -0.3 is 19.5 Å². The van der Waals surface area contributed by atoms with E-state index in [-0.39, 0.29) is 24.7 Å². The molecule has 186 valence electrons. The maximum Gasteiger partial charge on any atom is 0.409 e. The number of nitrogens with zero attached hydrogens (tertiary/aromatic N) is 4. The van der Waals surface area contributed by atoms with Crippen molar-refractivity contribution in [3.63, 3.8) is 0 Å². The van der Waals surface area contributed by atoms with Crippen LogP contribution in [-0.2, 0) is 23.2 Å². The zero-order valence-electron chi connectivity index (χ0n) is 20.8. The number of amides is 1. The van der Waals surface area contributed by atoms with Gasteiger partial charge in [-0.05, 0) is 50.7 Å². The molecule has 1 fully saturated rings. The molecule has 9 heteroatoms. The molecule has 34 heavy (non-hydrogen) atoms. The van der Waals surface area contributed by atoms with Crippen molar-refractivity contribution in [3.05, 3.63) is 29.7 Å². The number of rotatable bonds is 9. The second kappa shape index (κ2) is 11.4. The molecule has 0 saturated heterocycles. The summed E-state index contributed by atoms with van der Waals surface area (Å²) in [5.74, 6) is -0.0461. The van der Waals surface area contributed by atoms with Crippen molar-refractivity contribution in [3.8, 4) is 17.0 Å². The maximum atomic E-state index is 12.4. The standard InChI is InChI=1S/C25H36N4O5/c1-6-16(2)14-28(4)25(32)33-15-22-20(13-26-29(22)5)21-10-11-23(17(3)27-21)34-19-9-7-8-18(12-19)24(30)31/h10-11,13,16,18-19H,6-9,12,14-15H2,1-5H3,(H,30,31)/t16-,18?,19-/m0/s1. The highest BCUT2D eigenvalue weighted by Gasteiger charge is 2.28. The highest BCUT2D eigenvalue weighted by molar-refractivity contribution is 5.70. The summed E-state index contributed by atoms with van der Waals surface area (Å²) < 4.78 is 13.4. The minimum Gasteiger partial charge on any atom is -0.489 e. The summed E-state index contributed by atoms with van der Waals surface area (Å²) in [6, 6.07) is 3.72. The molecule has 1 saturated carbocycles. The van der Waals surface area contributed by atoms with Gasteiger partial charge in [0.15, 0.2) is 0 Å². The lowest BCUT2D eigenvalue weighted by Crippen LogP contribution is -2.31. The van der Waals surface area contributed by atoms with E-state index in [1.54, 1.807) is 22.8 Å². The molecular formula is C25H36N4O5. The van der Waals surface area contributed by atoms with Gasteiger partial charge in [0.25, 0.3) is 0 Å². The average molecular weight is 473 g/mol. The van der Waals surface area contributed by atoms with Gasteiger partial charge in [-0.2, -0.15) is 5.10 Å². The van der Waals surface area contributed by atoms with Gasteiger partial charge >= 0.3 is 12.1 Å². The van der Waals surface area contributed by atoms with Gasteiger partial charge in [0, 0.05) is 26.2 Å². The topological polar surface area (TPSA) is 107 Å². The van der Waals surface area contributed by atoms with Crippen LogP contribution in [0, 0.1) is 18.8 Å². The van der Waals surface area contributed by atoms with E-state index < -0.39 is 5.97 Å². The van der Waals surface area contributed by atoms with Crippen LogP contribution in [0.15, 0.2) is 18.3 Å². The van der Waals surface area contributed by atoms with E-state index in [1.807, 2.05) is 26.1 Å². The Morgan fingerprint density at radius 1 is 1.32 bits per heavy atom. The summed E-state index contributed by atoms with van der Waals surface area (Å²) in [4.78, 5) is 30.0. The van der Waals surface area contributed by atoms with Crippen LogP contribution in [0.25, 0.3) is 11.3 Å². The van der Waals surface area contributed by atoms with Crippen LogP contribution in [0.2, 0.25) is 0 Å². The minimum atomic E-state index is -0.755. The molecule has 0 radical (unpaired) electrons. The molecule has 1 amide bonds. The second-order valence-electron chi connectivity index (χ2n) is 9.30. The number of aliphatic carboxylic acids is 1. The lowest BCUT2D eigenvalue weighted by atomic mass is 9.87. The Labute approximate surface area is 201 Å². The molecule has 1 N–H and O–H groups in total. The largest absolute Gasteiger partial charge is 0.489 e. The van der Waals surface area contributed by atoms with Gasteiger partial charge in [-0.15, -0.1) is 0 Å². The maximum absolute atomic E-state index is 12.4. The summed E-state index contributed by atoms with van der Waals surface area (Å²) in [5.41, 5.74) is 2.97. The Hall–Kier alpha value is -3.10. The third-order valence-electron chi connectivity index (χ3n) is 6.57. The average Bonchev–Trinajstić information content (AvgIpc) is 3.18. The SMILES string of the molecule is CC[C@H](C)CN(C)C(=O)OCc1c(-c2ccc(O[C@H]3CCCC(C(=O)O)C3)c(C)n2)cnn1C. The fraction of sp³-hybridized carbons (Fsp3) is 0.600. The van der Waals surface area contributed by atoms with Gasteiger partial charge in [-0.1, -0.05) is 20.3 Å². The van der Waals surface area contributed by atoms with E-state index in [9.17, 15) is 14.7 Å². The molecule has 3 rings (SSSR count). The summed E-state index contributed by atoms with van der Waals surface area (Å²) >= 11 is 0. The fourth-order valence-electron chi connectivity index (χ4n) is 4.24. The van der Waals surface area contributed by atoms with Crippen molar-refractivity contribution < 1.29 is 24.2 Å². The number of aromatic nitrogens is 3. The first-order valence-corrected chi connectivity index (χ1v) is 12.0. The molecule has 3 atom stereocenters. The van der Waals surface area contributed by atoms with Crippen molar-refractivity contribution >= 4 is 12.1 Å². The van der Waals surface area contributed by atoms with E-state index in [4.69, 9.17) is 14.5 Å².